The summed E-state index contributed by atoms with van der Waals surface area (Å²) in [6.07, 6.45) is 0. The van der Waals surface area contributed by atoms with Crippen LogP contribution in [0.5, 0.6) is 0 Å². The molecule has 0 radical (unpaired) electrons. The lowest BCUT2D eigenvalue weighted by Gasteiger charge is -2.27. The first-order chi connectivity index (χ1) is 23.3. The van der Waals surface area contributed by atoms with Gasteiger partial charge in [-0.25, -0.2) is 0 Å². The zero-order valence-electron chi connectivity index (χ0n) is 26.1. The van der Waals surface area contributed by atoms with E-state index in [0.29, 0.717) is 0 Å². The van der Waals surface area contributed by atoms with Gasteiger partial charge in [0.05, 0.1) is 5.69 Å². The highest BCUT2D eigenvalue weighted by Crippen LogP contribution is 2.39. The second kappa shape index (κ2) is 12.7. The Morgan fingerprint density at radius 1 is 0.319 bits per heavy atom. The first-order valence-corrected chi connectivity index (χ1v) is 16.1. The van der Waals surface area contributed by atoms with Gasteiger partial charge >= 0.3 is 0 Å². The molecule has 0 heterocycles. The van der Waals surface area contributed by atoms with Crippen molar-refractivity contribution in [1.29, 1.82) is 0 Å². The lowest BCUT2D eigenvalue weighted by atomic mass is 10.0. The quantitative estimate of drug-likeness (QED) is 0.171. The van der Waals surface area contributed by atoms with E-state index in [0.717, 1.165) is 17.9 Å². The lowest BCUT2D eigenvalue weighted by molar-refractivity contribution is 0.981. The number of nitrogens with zero attached hydrogens (tertiary/aromatic N) is 2. The average Bonchev–Trinajstić information content (AvgIpc) is 3.15. The van der Waals surface area contributed by atoms with E-state index in [-0.39, 0.29) is 0 Å². The fourth-order valence-corrected chi connectivity index (χ4v) is 6.56. The summed E-state index contributed by atoms with van der Waals surface area (Å²) < 4.78 is 0. The molecule has 8 aromatic carbocycles. The molecule has 2 heteroatoms. The largest absolute Gasteiger partial charge is 0.336 e. The van der Waals surface area contributed by atoms with Crippen LogP contribution in [0, 0.1) is 0 Å². The Bertz CT molecular complexity index is 2250. The van der Waals surface area contributed by atoms with Gasteiger partial charge in [0.25, 0.3) is 0 Å². The summed E-state index contributed by atoms with van der Waals surface area (Å²) in [4.78, 5) is 4.76. The minimum atomic E-state index is 0.772. The van der Waals surface area contributed by atoms with E-state index in [2.05, 4.69) is 204 Å². The van der Waals surface area contributed by atoms with Crippen LogP contribution in [0.1, 0.15) is 5.56 Å². The van der Waals surface area contributed by atoms with Crippen molar-refractivity contribution in [3.05, 3.63) is 200 Å². The van der Waals surface area contributed by atoms with Crippen LogP contribution >= 0.6 is 0 Å². The normalized spacial score (nSPS) is 11.1. The third kappa shape index (κ3) is 5.74. The third-order valence-electron chi connectivity index (χ3n) is 8.90. The van der Waals surface area contributed by atoms with Crippen molar-refractivity contribution in [2.24, 2.45) is 0 Å². The number of fused-ring (bicyclic) bond motifs is 2. The summed E-state index contributed by atoms with van der Waals surface area (Å²) in [5.41, 5.74) is 9.47. The summed E-state index contributed by atoms with van der Waals surface area (Å²) in [5, 5.41) is 4.96. The number of anilines is 5. The summed E-state index contributed by atoms with van der Waals surface area (Å²) >= 11 is 0. The van der Waals surface area contributed by atoms with Gasteiger partial charge in [0.1, 0.15) is 0 Å². The third-order valence-corrected chi connectivity index (χ3v) is 8.90. The molecule has 0 amide bonds. The van der Waals surface area contributed by atoms with Crippen LogP contribution in [0.3, 0.4) is 0 Å². The summed E-state index contributed by atoms with van der Waals surface area (Å²) in [7, 11) is 0. The Morgan fingerprint density at radius 2 is 0.766 bits per heavy atom. The van der Waals surface area contributed by atoms with E-state index in [1.54, 1.807) is 0 Å². The molecule has 0 saturated carbocycles. The van der Waals surface area contributed by atoms with Crippen molar-refractivity contribution in [3.63, 3.8) is 0 Å². The number of benzene rings is 8. The van der Waals surface area contributed by atoms with Gasteiger partial charge in [-0.3, -0.25) is 0 Å². The van der Waals surface area contributed by atoms with E-state index < -0.39 is 0 Å². The van der Waals surface area contributed by atoms with Crippen molar-refractivity contribution >= 4 is 50.0 Å². The second-order valence-electron chi connectivity index (χ2n) is 11.8. The highest BCUT2D eigenvalue weighted by atomic mass is 15.1. The lowest BCUT2D eigenvalue weighted by Crippen LogP contribution is -2.16. The Kier molecular flexibility index (Phi) is 7.67. The molecule has 0 saturated heterocycles. The Labute approximate surface area is 276 Å². The van der Waals surface area contributed by atoms with E-state index in [9.17, 15) is 0 Å². The van der Waals surface area contributed by atoms with Crippen molar-refractivity contribution < 1.29 is 0 Å². The predicted molar refractivity (Wildman–Crippen MR) is 200 cm³/mol. The molecule has 224 valence electrons. The molecule has 0 aliphatic rings. The fourth-order valence-electron chi connectivity index (χ4n) is 6.56. The molecule has 0 unspecified atom stereocenters. The van der Waals surface area contributed by atoms with Crippen LogP contribution in [-0.4, -0.2) is 0 Å². The highest BCUT2D eigenvalue weighted by molar-refractivity contribution is 5.99. The molecule has 2 nitrogen and oxygen atoms in total. The smallest absolute Gasteiger partial charge is 0.0540 e. The van der Waals surface area contributed by atoms with Crippen molar-refractivity contribution in [1.82, 2.24) is 0 Å². The van der Waals surface area contributed by atoms with Crippen LogP contribution in [0.4, 0.5) is 28.4 Å². The Morgan fingerprint density at radius 3 is 1.38 bits per heavy atom. The minimum absolute atomic E-state index is 0.772. The van der Waals surface area contributed by atoms with Crippen molar-refractivity contribution in [2.75, 3.05) is 9.80 Å². The molecule has 0 aliphatic carbocycles. The molecule has 8 rings (SSSR count). The number of para-hydroxylation sites is 2. The van der Waals surface area contributed by atoms with E-state index in [4.69, 9.17) is 0 Å². The second-order valence-corrected chi connectivity index (χ2v) is 11.8. The van der Waals surface area contributed by atoms with Crippen molar-refractivity contribution in [2.45, 2.75) is 6.54 Å². The van der Waals surface area contributed by atoms with Gasteiger partial charge in [-0.1, -0.05) is 146 Å². The van der Waals surface area contributed by atoms with Crippen LogP contribution in [0.25, 0.3) is 32.7 Å². The van der Waals surface area contributed by atoms with E-state index >= 15 is 0 Å². The van der Waals surface area contributed by atoms with Gasteiger partial charge in [0.2, 0.25) is 0 Å². The van der Waals surface area contributed by atoms with Crippen LogP contribution < -0.4 is 9.80 Å². The first-order valence-electron chi connectivity index (χ1n) is 16.1. The van der Waals surface area contributed by atoms with Crippen LogP contribution in [0.2, 0.25) is 0 Å². The zero-order chi connectivity index (χ0) is 31.4. The summed E-state index contributed by atoms with van der Waals surface area (Å²) in [6.45, 7) is 0.772. The van der Waals surface area contributed by atoms with Crippen LogP contribution in [-0.2, 0) is 6.54 Å². The maximum atomic E-state index is 2.41. The summed E-state index contributed by atoms with van der Waals surface area (Å²) in [6, 6.07) is 69.5. The predicted octanol–water partition coefficient (Wildman–Crippen LogP) is 12.5. The number of hydrogen-bond acceptors (Lipinski definition) is 2. The van der Waals surface area contributed by atoms with Gasteiger partial charge in [-0.15, -0.1) is 0 Å². The highest BCUT2D eigenvalue weighted by Gasteiger charge is 2.16. The number of rotatable bonds is 8. The molecule has 0 spiro atoms. The molecule has 0 fully saturated rings. The van der Waals surface area contributed by atoms with Gasteiger partial charge in [0.15, 0.2) is 0 Å². The van der Waals surface area contributed by atoms with Gasteiger partial charge in [-0.2, -0.15) is 0 Å². The zero-order valence-corrected chi connectivity index (χ0v) is 26.1. The Balaban J connectivity index is 1.10. The fraction of sp³-hybridized carbons (Fsp3) is 0.0222. The number of hydrogen-bond donors (Lipinski definition) is 0. The molecule has 0 aliphatic heterocycles. The topological polar surface area (TPSA) is 6.48 Å². The summed E-state index contributed by atoms with van der Waals surface area (Å²) in [5.74, 6) is 0. The molecule has 47 heavy (non-hydrogen) atoms. The molecule has 8 aromatic rings. The molecule has 0 aromatic heterocycles. The maximum Gasteiger partial charge on any atom is 0.0540 e. The molecule has 0 N–H and O–H groups in total. The Hall–Kier alpha value is -6.12. The monoisotopic (exact) mass is 602 g/mol. The standard InChI is InChI=1S/C45H34N2/c1-3-17-39(18-4-1)46(44-23-11-15-37-13-7-9-21-42(37)44)33-34-25-27-35(28-26-34)36-29-31-41(32-30-36)47(40-19-5-2-6-20-40)45-24-12-16-38-14-8-10-22-43(38)45/h1-32H,33H2. The van der Waals surface area contributed by atoms with Gasteiger partial charge in [-0.05, 0) is 76.0 Å². The van der Waals surface area contributed by atoms with E-state index in [1.165, 1.54) is 55.3 Å². The maximum absolute atomic E-state index is 2.41. The van der Waals surface area contributed by atoms with E-state index in [1.807, 2.05) is 0 Å². The average molecular weight is 603 g/mol. The molecular weight excluding hydrogens is 569 g/mol. The van der Waals surface area contributed by atoms with Crippen LogP contribution in [0.15, 0.2) is 194 Å². The van der Waals surface area contributed by atoms with Gasteiger partial charge in [0, 0.05) is 40.1 Å². The SMILES string of the molecule is c1ccc(N(Cc2ccc(-c3ccc(N(c4ccccc4)c4cccc5ccccc45)cc3)cc2)c2cccc3ccccc23)cc1. The minimum Gasteiger partial charge on any atom is -0.336 e. The van der Waals surface area contributed by atoms with Gasteiger partial charge < -0.3 is 9.80 Å². The molecular formula is C45H34N2. The van der Waals surface area contributed by atoms with Crippen molar-refractivity contribution in [3.8, 4) is 11.1 Å². The molecule has 0 atom stereocenters. The molecule has 0 bridgehead atoms. The first kappa shape index (κ1) is 28.4.